The first kappa shape index (κ1) is 15.0. The van der Waals surface area contributed by atoms with Crippen molar-refractivity contribution in [1.82, 2.24) is 5.16 Å². The number of nitrogens with two attached hydrogens (primary N) is 1. The Kier molecular flexibility index (Phi) is 3.50. The number of aryl methyl sites for hydroxylation is 1. The van der Waals surface area contributed by atoms with Crippen LogP contribution in [0.4, 0.5) is 17.2 Å². The van der Waals surface area contributed by atoms with Crippen molar-refractivity contribution < 1.29 is 9.32 Å². The highest BCUT2D eigenvalue weighted by Crippen LogP contribution is 2.38. The molecule has 1 amide bonds. The van der Waals surface area contributed by atoms with Crippen LogP contribution in [0.15, 0.2) is 59.1 Å². The molecule has 0 spiro atoms. The van der Waals surface area contributed by atoms with Gasteiger partial charge in [0, 0.05) is 23.0 Å². The Morgan fingerprint density at radius 2 is 1.96 bits per heavy atom. The molecule has 1 aliphatic heterocycles. The van der Waals surface area contributed by atoms with E-state index in [0.29, 0.717) is 28.5 Å². The Morgan fingerprint density at radius 1 is 1.16 bits per heavy atom. The van der Waals surface area contributed by atoms with Gasteiger partial charge in [-0.1, -0.05) is 35.5 Å². The molecule has 2 heterocycles. The van der Waals surface area contributed by atoms with Gasteiger partial charge in [-0.2, -0.15) is 0 Å². The minimum atomic E-state index is -0.188. The number of fused-ring (bicyclic) bond motifs is 1. The van der Waals surface area contributed by atoms with Gasteiger partial charge >= 0.3 is 0 Å². The molecule has 0 aliphatic carbocycles. The molecule has 0 fully saturated rings. The fraction of sp³-hybridized carbons (Fsp3) is 0.0526. The van der Waals surface area contributed by atoms with Crippen molar-refractivity contribution in [2.45, 2.75) is 6.92 Å². The smallest absolute Gasteiger partial charge is 0.258 e. The van der Waals surface area contributed by atoms with E-state index in [1.54, 1.807) is 24.3 Å². The lowest BCUT2D eigenvalue weighted by Crippen LogP contribution is -2.10. The van der Waals surface area contributed by atoms with Crippen LogP contribution in [-0.2, 0) is 4.79 Å². The molecule has 0 radical (unpaired) electrons. The summed E-state index contributed by atoms with van der Waals surface area (Å²) in [5, 5.41) is 10.1. The monoisotopic (exact) mass is 332 g/mol. The van der Waals surface area contributed by atoms with Gasteiger partial charge in [0.2, 0.25) is 0 Å². The predicted octanol–water partition coefficient (Wildman–Crippen LogP) is 3.50. The van der Waals surface area contributed by atoms with E-state index in [1.165, 1.54) is 0 Å². The fourth-order valence-electron chi connectivity index (χ4n) is 2.87. The van der Waals surface area contributed by atoms with E-state index in [1.807, 2.05) is 37.3 Å². The lowest BCUT2D eigenvalue weighted by Gasteiger charge is -2.12. The van der Waals surface area contributed by atoms with Crippen molar-refractivity contribution in [2.24, 2.45) is 0 Å². The summed E-state index contributed by atoms with van der Waals surface area (Å²) in [5.41, 5.74) is 10.1. The summed E-state index contributed by atoms with van der Waals surface area (Å²) >= 11 is 0. The van der Waals surface area contributed by atoms with Crippen LogP contribution in [0.5, 0.6) is 0 Å². The Balaban J connectivity index is 1.92. The first-order chi connectivity index (χ1) is 12.1. The standard InChI is InChI=1S/C19H16N4O2/c1-11-9-16(23-25-11)22-18(12-5-3-2-4-6-12)17-14-10-13(20)7-8-15(14)21-19(17)24/h2-10H,20H2,1H3,(H,21,24)(H,22,23). The lowest BCUT2D eigenvalue weighted by atomic mass is 10.00. The summed E-state index contributed by atoms with van der Waals surface area (Å²) in [6.45, 7) is 1.81. The average molecular weight is 332 g/mol. The van der Waals surface area contributed by atoms with Crippen LogP contribution >= 0.6 is 0 Å². The van der Waals surface area contributed by atoms with Gasteiger partial charge in [0.15, 0.2) is 5.82 Å². The number of carbonyl (C=O) groups excluding carboxylic acids is 1. The van der Waals surface area contributed by atoms with Crippen molar-refractivity contribution in [3.63, 3.8) is 0 Å². The second kappa shape index (κ2) is 5.83. The summed E-state index contributed by atoms with van der Waals surface area (Å²) in [7, 11) is 0. The zero-order valence-electron chi connectivity index (χ0n) is 13.5. The summed E-state index contributed by atoms with van der Waals surface area (Å²) < 4.78 is 5.12. The summed E-state index contributed by atoms with van der Waals surface area (Å²) in [6.07, 6.45) is 0. The maximum absolute atomic E-state index is 12.7. The Bertz CT molecular complexity index is 990. The zero-order chi connectivity index (χ0) is 17.4. The minimum Gasteiger partial charge on any atom is -0.399 e. The van der Waals surface area contributed by atoms with Gasteiger partial charge in [0.05, 0.1) is 11.3 Å². The number of nitrogen functional groups attached to an aromatic ring is 1. The molecule has 6 nitrogen and oxygen atoms in total. The van der Waals surface area contributed by atoms with E-state index in [4.69, 9.17) is 10.3 Å². The van der Waals surface area contributed by atoms with Gasteiger partial charge < -0.3 is 20.9 Å². The largest absolute Gasteiger partial charge is 0.399 e. The number of hydrogen-bond acceptors (Lipinski definition) is 5. The van der Waals surface area contributed by atoms with E-state index in [-0.39, 0.29) is 5.91 Å². The molecule has 4 rings (SSSR count). The van der Waals surface area contributed by atoms with E-state index in [2.05, 4.69) is 15.8 Å². The topological polar surface area (TPSA) is 93.2 Å². The molecule has 3 aromatic rings. The SMILES string of the molecule is Cc1cc(NC(=C2C(=O)Nc3ccc(N)cc32)c2ccccc2)no1. The van der Waals surface area contributed by atoms with E-state index < -0.39 is 0 Å². The second-order valence-corrected chi connectivity index (χ2v) is 5.82. The molecule has 4 N–H and O–H groups in total. The Hall–Kier alpha value is -3.54. The van der Waals surface area contributed by atoms with Gasteiger partial charge in [-0.15, -0.1) is 0 Å². The molecule has 1 aliphatic rings. The van der Waals surface area contributed by atoms with Crippen molar-refractivity contribution in [2.75, 3.05) is 16.4 Å². The van der Waals surface area contributed by atoms with Gasteiger partial charge in [-0.05, 0) is 30.7 Å². The summed E-state index contributed by atoms with van der Waals surface area (Å²) in [5.74, 6) is 1.03. The van der Waals surface area contributed by atoms with Crippen molar-refractivity contribution in [3.05, 3.63) is 71.5 Å². The number of hydrogen-bond donors (Lipinski definition) is 3. The van der Waals surface area contributed by atoms with E-state index in [0.717, 1.165) is 16.8 Å². The highest BCUT2D eigenvalue weighted by molar-refractivity contribution is 6.37. The van der Waals surface area contributed by atoms with Crippen LogP contribution in [0.2, 0.25) is 0 Å². The third kappa shape index (κ3) is 2.74. The highest BCUT2D eigenvalue weighted by atomic mass is 16.5. The quantitative estimate of drug-likeness (QED) is 0.504. The number of benzene rings is 2. The summed E-state index contributed by atoms with van der Waals surface area (Å²) in [4.78, 5) is 12.7. The third-order valence-corrected chi connectivity index (χ3v) is 3.98. The number of rotatable bonds is 3. The normalized spacial score (nSPS) is 14.8. The first-order valence-corrected chi connectivity index (χ1v) is 7.83. The number of anilines is 3. The number of nitrogens with one attached hydrogen (secondary N) is 2. The van der Waals surface area contributed by atoms with Crippen LogP contribution in [0.25, 0.3) is 11.3 Å². The fourth-order valence-corrected chi connectivity index (χ4v) is 2.87. The molecule has 0 saturated carbocycles. The lowest BCUT2D eigenvalue weighted by molar-refractivity contribution is -0.110. The number of carbonyl (C=O) groups is 1. The van der Waals surface area contributed by atoms with Crippen molar-refractivity contribution >= 4 is 34.4 Å². The highest BCUT2D eigenvalue weighted by Gasteiger charge is 2.28. The van der Waals surface area contributed by atoms with Crippen molar-refractivity contribution in [1.29, 1.82) is 0 Å². The van der Waals surface area contributed by atoms with Crippen molar-refractivity contribution in [3.8, 4) is 0 Å². The zero-order valence-corrected chi connectivity index (χ0v) is 13.5. The second-order valence-electron chi connectivity index (χ2n) is 5.82. The van der Waals surface area contributed by atoms with Crippen LogP contribution in [0.1, 0.15) is 16.9 Å². The molecular formula is C19H16N4O2. The minimum absolute atomic E-state index is 0.188. The average Bonchev–Trinajstić information content (AvgIpc) is 3.16. The molecule has 0 unspecified atom stereocenters. The van der Waals surface area contributed by atoms with Gasteiger partial charge in [0.25, 0.3) is 5.91 Å². The molecule has 25 heavy (non-hydrogen) atoms. The molecular weight excluding hydrogens is 316 g/mol. The molecule has 6 heteroatoms. The van der Waals surface area contributed by atoms with E-state index >= 15 is 0 Å². The third-order valence-electron chi connectivity index (χ3n) is 3.98. The maximum atomic E-state index is 12.7. The van der Waals surface area contributed by atoms with E-state index in [9.17, 15) is 4.79 Å². The number of nitrogens with zero attached hydrogens (tertiary/aromatic N) is 1. The molecule has 0 bridgehead atoms. The number of amides is 1. The van der Waals surface area contributed by atoms with Crippen LogP contribution in [-0.4, -0.2) is 11.1 Å². The van der Waals surface area contributed by atoms with Gasteiger partial charge in [-0.25, -0.2) is 0 Å². The van der Waals surface area contributed by atoms with Crippen LogP contribution in [0.3, 0.4) is 0 Å². The van der Waals surface area contributed by atoms with Crippen LogP contribution in [0, 0.1) is 6.92 Å². The predicted molar refractivity (Wildman–Crippen MR) is 97.6 cm³/mol. The molecule has 0 atom stereocenters. The Labute approximate surface area is 144 Å². The summed E-state index contributed by atoms with van der Waals surface area (Å²) in [6, 6.07) is 16.7. The molecule has 0 saturated heterocycles. The van der Waals surface area contributed by atoms with Gasteiger partial charge in [0.1, 0.15) is 5.76 Å². The molecule has 124 valence electrons. The molecule has 2 aromatic carbocycles. The first-order valence-electron chi connectivity index (χ1n) is 7.83. The maximum Gasteiger partial charge on any atom is 0.258 e. The number of aromatic nitrogens is 1. The van der Waals surface area contributed by atoms with Crippen LogP contribution < -0.4 is 16.4 Å². The molecule has 1 aromatic heterocycles. The Morgan fingerprint density at radius 3 is 2.68 bits per heavy atom. The van der Waals surface area contributed by atoms with Gasteiger partial charge in [-0.3, -0.25) is 4.79 Å².